The number of aromatic nitrogens is 1. The molecule has 3 nitrogen and oxygen atoms in total. The number of hydrogen-bond acceptors (Lipinski definition) is 4. The molecule has 2 N–H and O–H groups in total. The fourth-order valence-electron chi connectivity index (χ4n) is 4.42. The van der Waals surface area contributed by atoms with Crippen LogP contribution < -0.4 is 5.73 Å². The van der Waals surface area contributed by atoms with Crippen LogP contribution >= 0.6 is 22.9 Å². The molecule has 0 unspecified atom stereocenters. The lowest BCUT2D eigenvalue weighted by molar-refractivity contribution is -0.137. The molecule has 0 amide bonds. The molecule has 1 aliphatic carbocycles. The Morgan fingerprint density at radius 1 is 1.03 bits per heavy atom. The minimum absolute atomic E-state index is 0.247. The van der Waals surface area contributed by atoms with Crippen LogP contribution in [0.4, 0.5) is 18.9 Å². The average Bonchev–Trinajstić information content (AvgIpc) is 3.14. The van der Waals surface area contributed by atoms with E-state index in [1.165, 1.54) is 17.4 Å². The molecule has 0 radical (unpaired) electrons. The summed E-state index contributed by atoms with van der Waals surface area (Å²) in [6.07, 6.45) is -1.13. The second-order valence-corrected chi connectivity index (χ2v) is 9.50. The molecule has 2 aromatic heterocycles. The van der Waals surface area contributed by atoms with Gasteiger partial charge in [-0.05, 0) is 61.1 Å². The van der Waals surface area contributed by atoms with Gasteiger partial charge >= 0.3 is 6.18 Å². The Hall–Kier alpha value is -2.90. The molecular formula is C25H18ClF3N2OS. The van der Waals surface area contributed by atoms with Gasteiger partial charge in [0.25, 0.3) is 0 Å². The molecule has 4 aromatic rings. The number of carbonyl (C=O) groups is 1. The first kappa shape index (κ1) is 21.9. The van der Waals surface area contributed by atoms with E-state index in [0.29, 0.717) is 43.7 Å². The quantitative estimate of drug-likeness (QED) is 0.308. The van der Waals surface area contributed by atoms with Gasteiger partial charge in [-0.2, -0.15) is 13.2 Å². The van der Waals surface area contributed by atoms with E-state index in [1.807, 2.05) is 0 Å². The zero-order valence-electron chi connectivity index (χ0n) is 17.3. The maximum atomic E-state index is 13.3. The molecule has 0 spiro atoms. The van der Waals surface area contributed by atoms with Crippen molar-refractivity contribution in [3.8, 4) is 11.3 Å². The number of anilines is 1. The molecule has 33 heavy (non-hydrogen) atoms. The fourth-order valence-corrected chi connectivity index (χ4v) is 5.70. The molecule has 2 heterocycles. The number of benzene rings is 2. The summed E-state index contributed by atoms with van der Waals surface area (Å²) in [5.41, 5.74) is 9.41. The van der Waals surface area contributed by atoms with E-state index in [0.717, 1.165) is 47.9 Å². The Bertz CT molecular complexity index is 1410. The van der Waals surface area contributed by atoms with Gasteiger partial charge in [0.05, 0.1) is 16.9 Å². The van der Waals surface area contributed by atoms with Crippen LogP contribution in [0.2, 0.25) is 5.02 Å². The van der Waals surface area contributed by atoms with E-state index in [9.17, 15) is 18.0 Å². The van der Waals surface area contributed by atoms with Crippen molar-refractivity contribution in [2.24, 2.45) is 0 Å². The number of alkyl halides is 3. The maximum Gasteiger partial charge on any atom is 0.416 e. The lowest BCUT2D eigenvalue weighted by Gasteiger charge is -2.21. The summed E-state index contributed by atoms with van der Waals surface area (Å²) in [6.45, 7) is 0. The number of nitrogens with two attached hydrogens (primary N) is 1. The smallest absolute Gasteiger partial charge is 0.397 e. The normalized spacial score (nSPS) is 13.8. The first-order valence-electron chi connectivity index (χ1n) is 10.5. The molecule has 0 saturated heterocycles. The van der Waals surface area contributed by atoms with E-state index in [4.69, 9.17) is 22.3 Å². The van der Waals surface area contributed by atoms with E-state index in [-0.39, 0.29) is 5.78 Å². The van der Waals surface area contributed by atoms with Crippen LogP contribution in [0.25, 0.3) is 21.5 Å². The third-order valence-corrected chi connectivity index (χ3v) is 7.29. The molecule has 5 rings (SSSR count). The predicted octanol–water partition coefficient (Wildman–Crippen LogP) is 7.33. The van der Waals surface area contributed by atoms with Crippen molar-refractivity contribution in [1.82, 2.24) is 4.98 Å². The molecule has 0 saturated carbocycles. The number of carbonyl (C=O) groups excluding carboxylic acids is 1. The number of ketones is 1. The maximum absolute atomic E-state index is 13.3. The summed E-state index contributed by atoms with van der Waals surface area (Å²) >= 11 is 7.22. The van der Waals surface area contributed by atoms with Crippen LogP contribution in [-0.2, 0) is 19.0 Å². The van der Waals surface area contributed by atoms with Crippen molar-refractivity contribution in [2.75, 3.05) is 5.73 Å². The first-order valence-corrected chi connectivity index (χ1v) is 11.6. The second kappa shape index (κ2) is 8.15. The summed E-state index contributed by atoms with van der Waals surface area (Å²) in [7, 11) is 0. The number of fused-ring (bicyclic) bond motifs is 3. The number of thiophene rings is 1. The van der Waals surface area contributed by atoms with Gasteiger partial charge in [0.1, 0.15) is 9.71 Å². The monoisotopic (exact) mass is 486 g/mol. The highest BCUT2D eigenvalue weighted by Gasteiger charge is 2.31. The Morgan fingerprint density at radius 3 is 2.48 bits per heavy atom. The van der Waals surface area contributed by atoms with E-state index in [1.54, 1.807) is 30.3 Å². The molecule has 0 aliphatic heterocycles. The fraction of sp³-hybridized carbons (Fsp3) is 0.200. The van der Waals surface area contributed by atoms with Crippen LogP contribution in [0.1, 0.15) is 44.8 Å². The zero-order valence-corrected chi connectivity index (χ0v) is 18.9. The van der Waals surface area contributed by atoms with E-state index >= 15 is 0 Å². The highest BCUT2D eigenvalue weighted by molar-refractivity contribution is 7.21. The van der Waals surface area contributed by atoms with Gasteiger partial charge < -0.3 is 5.73 Å². The highest BCUT2D eigenvalue weighted by Crippen LogP contribution is 2.43. The number of nitrogens with zero attached hydrogens (tertiary/aromatic N) is 1. The second-order valence-electron chi connectivity index (χ2n) is 8.07. The lowest BCUT2D eigenvalue weighted by atomic mass is 9.86. The number of aryl methyl sites for hydroxylation is 1. The topological polar surface area (TPSA) is 56.0 Å². The minimum Gasteiger partial charge on any atom is -0.397 e. The SMILES string of the molecule is Nc1c(C(=O)c2cccc(Cl)c2)sc2nc(-c3cccc(C(F)(F)F)c3)c3c(c12)CCCC3. The number of nitrogen functional groups attached to an aromatic ring is 1. The van der Waals surface area contributed by atoms with Crippen molar-refractivity contribution in [1.29, 1.82) is 0 Å². The van der Waals surface area contributed by atoms with Crippen LogP contribution in [0.15, 0.2) is 48.5 Å². The number of hydrogen-bond donors (Lipinski definition) is 1. The molecular weight excluding hydrogens is 469 g/mol. The van der Waals surface area contributed by atoms with Crippen molar-refractivity contribution < 1.29 is 18.0 Å². The third-order valence-electron chi connectivity index (χ3n) is 5.95. The van der Waals surface area contributed by atoms with Gasteiger partial charge in [-0.15, -0.1) is 11.3 Å². The Balaban J connectivity index is 1.72. The molecule has 8 heteroatoms. The van der Waals surface area contributed by atoms with Crippen molar-refractivity contribution in [2.45, 2.75) is 31.9 Å². The van der Waals surface area contributed by atoms with Crippen LogP contribution in [0, 0.1) is 0 Å². The molecule has 0 fully saturated rings. The molecule has 2 aromatic carbocycles. The van der Waals surface area contributed by atoms with Gasteiger partial charge in [-0.1, -0.05) is 35.9 Å². The molecule has 168 valence electrons. The Kier molecular flexibility index (Phi) is 5.41. The van der Waals surface area contributed by atoms with Gasteiger partial charge in [0.2, 0.25) is 5.78 Å². The minimum atomic E-state index is -4.44. The summed E-state index contributed by atoms with van der Waals surface area (Å²) < 4.78 is 40.0. The lowest BCUT2D eigenvalue weighted by Crippen LogP contribution is -2.09. The summed E-state index contributed by atoms with van der Waals surface area (Å²) in [5.74, 6) is -0.247. The molecule has 0 bridgehead atoms. The number of halogens is 4. The van der Waals surface area contributed by atoms with E-state index < -0.39 is 11.7 Å². The summed E-state index contributed by atoms with van der Waals surface area (Å²) in [5, 5.41) is 1.19. The van der Waals surface area contributed by atoms with Crippen molar-refractivity contribution in [3.63, 3.8) is 0 Å². The largest absolute Gasteiger partial charge is 0.416 e. The zero-order chi connectivity index (χ0) is 23.3. The highest BCUT2D eigenvalue weighted by atomic mass is 35.5. The van der Waals surface area contributed by atoms with Gasteiger partial charge in [0, 0.05) is 21.5 Å². The summed E-state index contributed by atoms with van der Waals surface area (Å²) in [4.78, 5) is 18.9. The standard InChI is InChI=1S/C25H18ClF3N2OS/c26-16-8-4-6-14(12-16)22(32)23-20(30)19-17-9-1-2-10-18(17)21(31-24(19)33-23)13-5-3-7-15(11-13)25(27,28)29/h3-8,11-12H,1-2,9-10,30H2. The van der Waals surface area contributed by atoms with Crippen LogP contribution in [0.3, 0.4) is 0 Å². The predicted molar refractivity (Wildman–Crippen MR) is 126 cm³/mol. The van der Waals surface area contributed by atoms with Crippen molar-refractivity contribution >= 4 is 44.6 Å². The van der Waals surface area contributed by atoms with E-state index in [2.05, 4.69) is 0 Å². The summed E-state index contributed by atoms with van der Waals surface area (Å²) in [6, 6.07) is 11.9. The Morgan fingerprint density at radius 2 is 1.76 bits per heavy atom. The molecule has 1 aliphatic rings. The average molecular weight is 487 g/mol. The van der Waals surface area contributed by atoms with Gasteiger partial charge in [-0.3, -0.25) is 4.79 Å². The van der Waals surface area contributed by atoms with Gasteiger partial charge in [0.15, 0.2) is 0 Å². The van der Waals surface area contributed by atoms with Gasteiger partial charge in [-0.25, -0.2) is 4.98 Å². The Labute approximate surface area is 197 Å². The molecule has 0 atom stereocenters. The number of rotatable bonds is 3. The van der Waals surface area contributed by atoms with Crippen LogP contribution in [0.5, 0.6) is 0 Å². The first-order chi connectivity index (χ1) is 15.7. The van der Waals surface area contributed by atoms with Crippen molar-refractivity contribution in [3.05, 3.63) is 80.7 Å². The number of pyridine rings is 1. The van der Waals surface area contributed by atoms with Crippen LogP contribution in [-0.4, -0.2) is 10.8 Å². The third kappa shape index (κ3) is 3.89.